The van der Waals surface area contributed by atoms with Crippen LogP contribution in [0.25, 0.3) is 0 Å². The molecule has 5 nitrogen and oxygen atoms in total. The molecule has 0 spiro atoms. The molecule has 1 aromatic carbocycles. The third-order valence-corrected chi connectivity index (χ3v) is 4.52. The van der Waals surface area contributed by atoms with Gasteiger partial charge in [0.05, 0.1) is 7.11 Å². The number of carbonyl (C=O) groups excluding carboxylic acids is 1. The van der Waals surface area contributed by atoms with Crippen LogP contribution in [-0.4, -0.2) is 30.0 Å². The molecule has 1 saturated heterocycles. The van der Waals surface area contributed by atoms with Crippen molar-refractivity contribution in [2.75, 3.05) is 7.11 Å². The van der Waals surface area contributed by atoms with Gasteiger partial charge in [-0.15, -0.1) is 0 Å². The molecule has 128 valence electrons. The van der Waals surface area contributed by atoms with E-state index in [4.69, 9.17) is 4.74 Å². The molecule has 2 rings (SSSR count). The van der Waals surface area contributed by atoms with Gasteiger partial charge in [0.1, 0.15) is 17.4 Å². The van der Waals surface area contributed by atoms with E-state index in [2.05, 4.69) is 24.1 Å². The molecule has 24 heavy (non-hydrogen) atoms. The lowest BCUT2D eigenvalue weighted by atomic mass is 9.98. The van der Waals surface area contributed by atoms with Gasteiger partial charge >= 0.3 is 0 Å². The summed E-state index contributed by atoms with van der Waals surface area (Å²) in [6, 6.07) is 10.2. The zero-order chi connectivity index (χ0) is 17.5. The Kier molecular flexibility index (Phi) is 6.25. The van der Waals surface area contributed by atoms with Crippen molar-refractivity contribution in [2.24, 2.45) is 0 Å². The van der Waals surface area contributed by atoms with Gasteiger partial charge in [-0.3, -0.25) is 4.79 Å². The Morgan fingerprint density at radius 3 is 2.50 bits per heavy atom. The minimum absolute atomic E-state index is 0.157. The van der Waals surface area contributed by atoms with Crippen molar-refractivity contribution in [3.8, 4) is 11.8 Å². The molecule has 2 atom stereocenters. The summed E-state index contributed by atoms with van der Waals surface area (Å²) in [6.45, 7) is 4.65. The van der Waals surface area contributed by atoms with E-state index in [9.17, 15) is 10.1 Å². The maximum Gasteiger partial charge on any atom is 0.263 e. The van der Waals surface area contributed by atoms with Crippen molar-refractivity contribution in [3.05, 3.63) is 41.6 Å². The Hall–Kier alpha value is -2.48. The lowest BCUT2D eigenvalue weighted by molar-refractivity contribution is -0.117. The summed E-state index contributed by atoms with van der Waals surface area (Å²) >= 11 is 0. The zero-order valence-electron chi connectivity index (χ0n) is 14.6. The molecule has 2 unspecified atom stereocenters. The van der Waals surface area contributed by atoms with Crippen LogP contribution < -0.4 is 10.1 Å². The monoisotopic (exact) mass is 327 g/mol. The molecule has 1 aromatic rings. The number of nitrogens with zero attached hydrogens (tertiary/aromatic N) is 2. The number of likely N-dealkylation sites (tertiary alicyclic amines) is 1. The van der Waals surface area contributed by atoms with Crippen LogP contribution in [0.15, 0.2) is 36.0 Å². The lowest BCUT2D eigenvalue weighted by Crippen LogP contribution is -2.40. The van der Waals surface area contributed by atoms with Crippen molar-refractivity contribution < 1.29 is 9.53 Å². The fourth-order valence-corrected chi connectivity index (χ4v) is 3.00. The standard InChI is InChI=1S/C19H25N3O2/c1-14-5-4-6-15(2)22(14)13-17(11-20)19(23)21-12-16-7-9-18(24-3)10-8-16/h7-10,13-15H,4-6,12H2,1-3H3,(H,21,23)/b17-13-. The first kappa shape index (κ1) is 17.9. The largest absolute Gasteiger partial charge is 0.497 e. The Balaban J connectivity index is 2.00. The van der Waals surface area contributed by atoms with Crippen LogP contribution >= 0.6 is 0 Å². The van der Waals surface area contributed by atoms with Crippen molar-refractivity contribution in [1.29, 1.82) is 5.26 Å². The van der Waals surface area contributed by atoms with E-state index in [1.807, 2.05) is 30.3 Å². The van der Waals surface area contributed by atoms with Gasteiger partial charge in [-0.05, 0) is 50.8 Å². The molecule has 1 aliphatic heterocycles. The van der Waals surface area contributed by atoms with E-state index in [1.165, 1.54) is 6.42 Å². The third kappa shape index (κ3) is 4.51. The van der Waals surface area contributed by atoms with E-state index in [0.717, 1.165) is 24.2 Å². The third-order valence-electron chi connectivity index (χ3n) is 4.52. The van der Waals surface area contributed by atoms with Gasteiger partial charge in [-0.25, -0.2) is 0 Å². The highest BCUT2D eigenvalue weighted by Crippen LogP contribution is 2.23. The normalized spacial score (nSPS) is 21.1. The Bertz CT molecular complexity index is 621. The molecule has 0 aliphatic carbocycles. The predicted molar refractivity (Wildman–Crippen MR) is 93.2 cm³/mol. The molecule has 1 heterocycles. The van der Waals surface area contributed by atoms with E-state index in [-0.39, 0.29) is 11.5 Å². The second-order valence-corrected chi connectivity index (χ2v) is 6.26. The number of benzene rings is 1. The summed E-state index contributed by atoms with van der Waals surface area (Å²) in [5, 5.41) is 12.2. The number of amides is 1. The fourth-order valence-electron chi connectivity index (χ4n) is 3.00. The Labute approximate surface area is 143 Å². The number of nitriles is 1. The minimum Gasteiger partial charge on any atom is -0.497 e. The number of hydrogen-bond donors (Lipinski definition) is 1. The number of methoxy groups -OCH3 is 1. The highest BCUT2D eigenvalue weighted by Gasteiger charge is 2.23. The molecule has 0 bridgehead atoms. The second kappa shape index (κ2) is 8.39. The van der Waals surface area contributed by atoms with E-state index in [1.54, 1.807) is 13.3 Å². The zero-order valence-corrected chi connectivity index (χ0v) is 14.6. The van der Waals surface area contributed by atoms with Crippen LogP contribution in [-0.2, 0) is 11.3 Å². The van der Waals surface area contributed by atoms with E-state index in [0.29, 0.717) is 18.6 Å². The highest BCUT2D eigenvalue weighted by atomic mass is 16.5. The van der Waals surface area contributed by atoms with Crippen LogP contribution in [0.3, 0.4) is 0 Å². The molecule has 1 aliphatic rings. The minimum atomic E-state index is -0.335. The van der Waals surface area contributed by atoms with Crippen LogP contribution in [0.1, 0.15) is 38.7 Å². The van der Waals surface area contributed by atoms with E-state index < -0.39 is 0 Å². The first-order valence-corrected chi connectivity index (χ1v) is 8.35. The summed E-state index contributed by atoms with van der Waals surface area (Å²) in [4.78, 5) is 14.4. The van der Waals surface area contributed by atoms with Crippen LogP contribution in [0.2, 0.25) is 0 Å². The topological polar surface area (TPSA) is 65.4 Å². The summed E-state index contributed by atoms with van der Waals surface area (Å²) in [5.41, 5.74) is 1.12. The number of carbonyl (C=O) groups is 1. The van der Waals surface area contributed by atoms with Crippen LogP contribution in [0.5, 0.6) is 5.75 Å². The molecular weight excluding hydrogens is 302 g/mol. The Morgan fingerprint density at radius 2 is 1.96 bits per heavy atom. The summed E-state index contributed by atoms with van der Waals surface area (Å²) in [7, 11) is 1.61. The fraction of sp³-hybridized carbons (Fsp3) is 0.474. The van der Waals surface area contributed by atoms with Crippen LogP contribution in [0.4, 0.5) is 0 Å². The molecule has 0 radical (unpaired) electrons. The predicted octanol–water partition coefficient (Wildman–Crippen LogP) is 2.98. The highest BCUT2D eigenvalue weighted by molar-refractivity contribution is 5.97. The van der Waals surface area contributed by atoms with Gasteiger partial charge in [-0.1, -0.05) is 12.1 Å². The number of hydrogen-bond acceptors (Lipinski definition) is 4. The molecule has 1 fully saturated rings. The molecule has 0 aromatic heterocycles. The average Bonchev–Trinajstić information content (AvgIpc) is 2.60. The van der Waals surface area contributed by atoms with Gasteiger partial charge < -0.3 is 15.0 Å². The van der Waals surface area contributed by atoms with Crippen molar-refractivity contribution in [3.63, 3.8) is 0 Å². The smallest absolute Gasteiger partial charge is 0.263 e. The Morgan fingerprint density at radius 1 is 1.33 bits per heavy atom. The second-order valence-electron chi connectivity index (χ2n) is 6.26. The SMILES string of the molecule is COc1ccc(CNC(=O)/C(C#N)=C\N2C(C)CCCC2C)cc1. The quantitative estimate of drug-likeness (QED) is 0.667. The van der Waals surface area contributed by atoms with Crippen molar-refractivity contribution in [1.82, 2.24) is 10.2 Å². The summed E-state index contributed by atoms with van der Waals surface area (Å²) in [5.74, 6) is 0.439. The van der Waals surface area contributed by atoms with Crippen LogP contribution in [0, 0.1) is 11.3 Å². The maximum atomic E-state index is 12.3. The van der Waals surface area contributed by atoms with Crippen molar-refractivity contribution in [2.45, 2.75) is 51.7 Å². The average molecular weight is 327 g/mol. The van der Waals surface area contributed by atoms with Crippen molar-refractivity contribution >= 4 is 5.91 Å². The molecule has 5 heteroatoms. The molecule has 1 amide bonds. The molecule has 0 saturated carbocycles. The maximum absolute atomic E-state index is 12.3. The molecule has 1 N–H and O–H groups in total. The first-order valence-electron chi connectivity index (χ1n) is 8.35. The summed E-state index contributed by atoms with van der Waals surface area (Å²) in [6.07, 6.45) is 5.09. The van der Waals surface area contributed by atoms with E-state index >= 15 is 0 Å². The number of rotatable bonds is 5. The van der Waals surface area contributed by atoms with Gasteiger partial charge in [0.2, 0.25) is 0 Å². The number of piperidine rings is 1. The van der Waals surface area contributed by atoms with Gasteiger partial charge in [0.15, 0.2) is 0 Å². The number of ether oxygens (including phenoxy) is 1. The lowest BCUT2D eigenvalue weighted by Gasteiger charge is -2.38. The van der Waals surface area contributed by atoms with Gasteiger partial charge in [-0.2, -0.15) is 5.26 Å². The van der Waals surface area contributed by atoms with Gasteiger partial charge in [0.25, 0.3) is 5.91 Å². The van der Waals surface area contributed by atoms with Gasteiger partial charge in [0, 0.05) is 24.8 Å². The number of nitrogens with one attached hydrogen (secondary N) is 1. The molecular formula is C19H25N3O2. The first-order chi connectivity index (χ1) is 11.5. The summed E-state index contributed by atoms with van der Waals surface area (Å²) < 4.78 is 5.11.